The van der Waals surface area contributed by atoms with Gasteiger partial charge in [-0.1, -0.05) is 45.0 Å². The van der Waals surface area contributed by atoms with Crippen molar-refractivity contribution >= 4 is 17.5 Å². The SMILES string of the molecule is CC(C)(C)c1ccc(-c2cc(Nc3ccc4c(c3)OCCO4)nc(NCCO)n2)cc1. The molecule has 2 aromatic carbocycles. The molecule has 2 heterocycles. The molecule has 0 fully saturated rings. The van der Waals surface area contributed by atoms with Crippen molar-refractivity contribution in [2.45, 2.75) is 26.2 Å². The van der Waals surface area contributed by atoms with E-state index in [0.717, 1.165) is 22.7 Å². The van der Waals surface area contributed by atoms with Crippen LogP contribution in [-0.2, 0) is 5.41 Å². The number of rotatable bonds is 6. The standard InChI is InChI=1S/C24H28N4O3/c1-24(2,3)17-6-4-16(5-7-17)19-15-22(28-23(27-19)25-10-11-29)26-18-8-9-20-21(14-18)31-13-12-30-20/h4-9,14-15,29H,10-13H2,1-3H3,(H2,25,26,27,28). The van der Waals surface area contributed by atoms with Gasteiger partial charge in [0.1, 0.15) is 19.0 Å². The summed E-state index contributed by atoms with van der Waals surface area (Å²) in [5, 5.41) is 15.6. The lowest BCUT2D eigenvalue weighted by Gasteiger charge is -2.20. The van der Waals surface area contributed by atoms with Crippen molar-refractivity contribution in [1.29, 1.82) is 0 Å². The number of anilines is 3. The third kappa shape index (κ3) is 5.06. The summed E-state index contributed by atoms with van der Waals surface area (Å²) in [7, 11) is 0. The summed E-state index contributed by atoms with van der Waals surface area (Å²) in [6.45, 7) is 8.04. The maximum absolute atomic E-state index is 9.18. The van der Waals surface area contributed by atoms with E-state index in [-0.39, 0.29) is 12.0 Å². The van der Waals surface area contributed by atoms with E-state index in [1.807, 2.05) is 24.3 Å². The van der Waals surface area contributed by atoms with Crippen LogP contribution < -0.4 is 20.1 Å². The Morgan fingerprint density at radius 1 is 0.935 bits per heavy atom. The molecule has 3 N–H and O–H groups in total. The van der Waals surface area contributed by atoms with E-state index < -0.39 is 0 Å². The first kappa shape index (κ1) is 20.9. The molecule has 1 aromatic heterocycles. The highest BCUT2D eigenvalue weighted by Gasteiger charge is 2.15. The molecule has 7 nitrogen and oxygen atoms in total. The first-order chi connectivity index (χ1) is 14.9. The fraction of sp³-hybridized carbons (Fsp3) is 0.333. The number of benzene rings is 2. The van der Waals surface area contributed by atoms with Crippen LogP contribution in [0.15, 0.2) is 48.5 Å². The summed E-state index contributed by atoms with van der Waals surface area (Å²) in [5.41, 5.74) is 3.97. The number of ether oxygens (including phenoxy) is 2. The average molecular weight is 421 g/mol. The highest BCUT2D eigenvalue weighted by Crippen LogP contribution is 2.34. The highest BCUT2D eigenvalue weighted by molar-refractivity contribution is 5.69. The lowest BCUT2D eigenvalue weighted by molar-refractivity contribution is 0.171. The molecule has 3 aromatic rings. The van der Waals surface area contributed by atoms with Crippen LogP contribution in [0.25, 0.3) is 11.3 Å². The molecular weight excluding hydrogens is 392 g/mol. The van der Waals surface area contributed by atoms with Gasteiger partial charge in [-0.25, -0.2) is 4.98 Å². The maximum Gasteiger partial charge on any atom is 0.225 e. The first-order valence-corrected chi connectivity index (χ1v) is 10.4. The van der Waals surface area contributed by atoms with Crippen molar-refractivity contribution in [1.82, 2.24) is 9.97 Å². The normalized spacial score (nSPS) is 13.0. The van der Waals surface area contributed by atoms with Gasteiger partial charge in [0, 0.05) is 29.9 Å². The summed E-state index contributed by atoms with van der Waals surface area (Å²) in [4.78, 5) is 9.17. The van der Waals surface area contributed by atoms with Crippen LogP contribution in [0.1, 0.15) is 26.3 Å². The number of aliphatic hydroxyl groups is 1. The molecule has 162 valence electrons. The van der Waals surface area contributed by atoms with E-state index in [9.17, 15) is 5.11 Å². The van der Waals surface area contributed by atoms with E-state index in [1.54, 1.807) is 0 Å². The molecular formula is C24H28N4O3. The number of hydrogen-bond donors (Lipinski definition) is 3. The molecule has 7 heteroatoms. The van der Waals surface area contributed by atoms with E-state index >= 15 is 0 Å². The molecule has 0 saturated heterocycles. The lowest BCUT2D eigenvalue weighted by Crippen LogP contribution is -2.15. The van der Waals surface area contributed by atoms with Crippen molar-refractivity contribution in [3.05, 3.63) is 54.1 Å². The molecule has 0 radical (unpaired) electrons. The number of nitrogens with zero attached hydrogens (tertiary/aromatic N) is 2. The van der Waals surface area contributed by atoms with Crippen molar-refractivity contribution in [3.8, 4) is 22.8 Å². The molecule has 1 aliphatic heterocycles. The summed E-state index contributed by atoms with van der Waals surface area (Å²) in [5.74, 6) is 2.54. The number of hydrogen-bond acceptors (Lipinski definition) is 7. The van der Waals surface area contributed by atoms with Gasteiger partial charge in [0.15, 0.2) is 11.5 Å². The molecule has 0 amide bonds. The van der Waals surface area contributed by atoms with Crippen LogP contribution in [0.4, 0.5) is 17.5 Å². The van der Waals surface area contributed by atoms with Crippen LogP contribution in [0.5, 0.6) is 11.5 Å². The van der Waals surface area contributed by atoms with E-state index in [0.29, 0.717) is 37.3 Å². The summed E-state index contributed by atoms with van der Waals surface area (Å²) in [6, 6.07) is 16.0. The van der Waals surface area contributed by atoms with Gasteiger partial charge in [-0.15, -0.1) is 0 Å². The minimum atomic E-state index is -0.00120. The quantitative estimate of drug-likeness (QED) is 0.546. The lowest BCUT2D eigenvalue weighted by atomic mass is 9.86. The minimum absolute atomic E-state index is 0.00120. The van der Waals surface area contributed by atoms with E-state index in [4.69, 9.17) is 9.47 Å². The molecule has 4 rings (SSSR count). The zero-order valence-corrected chi connectivity index (χ0v) is 18.1. The molecule has 0 unspecified atom stereocenters. The van der Waals surface area contributed by atoms with Crippen LogP contribution in [0.3, 0.4) is 0 Å². The van der Waals surface area contributed by atoms with Crippen molar-refractivity contribution in [2.24, 2.45) is 0 Å². The third-order valence-electron chi connectivity index (χ3n) is 4.98. The van der Waals surface area contributed by atoms with Crippen LogP contribution in [-0.4, -0.2) is 41.4 Å². The van der Waals surface area contributed by atoms with Crippen LogP contribution >= 0.6 is 0 Å². The van der Waals surface area contributed by atoms with E-state index in [2.05, 4.69) is 65.6 Å². The van der Waals surface area contributed by atoms with Gasteiger partial charge in [-0.3, -0.25) is 0 Å². The second-order valence-corrected chi connectivity index (χ2v) is 8.42. The Hall–Kier alpha value is -3.32. The Bertz CT molecular complexity index is 1050. The van der Waals surface area contributed by atoms with Gasteiger partial charge >= 0.3 is 0 Å². The summed E-state index contributed by atoms with van der Waals surface area (Å²) in [6.07, 6.45) is 0. The highest BCUT2D eigenvalue weighted by atomic mass is 16.6. The van der Waals surface area contributed by atoms with Crippen LogP contribution in [0.2, 0.25) is 0 Å². The molecule has 1 aliphatic rings. The van der Waals surface area contributed by atoms with Gasteiger partial charge in [-0.2, -0.15) is 4.98 Å². The van der Waals surface area contributed by atoms with Crippen molar-refractivity contribution in [2.75, 3.05) is 37.0 Å². The van der Waals surface area contributed by atoms with E-state index in [1.165, 1.54) is 5.56 Å². The van der Waals surface area contributed by atoms with Gasteiger partial charge in [-0.05, 0) is 23.1 Å². The fourth-order valence-electron chi connectivity index (χ4n) is 3.32. The second kappa shape index (κ2) is 8.81. The third-order valence-corrected chi connectivity index (χ3v) is 4.98. The van der Waals surface area contributed by atoms with Crippen LogP contribution in [0, 0.1) is 0 Å². The fourth-order valence-corrected chi connectivity index (χ4v) is 3.32. The van der Waals surface area contributed by atoms with Gasteiger partial charge in [0.2, 0.25) is 5.95 Å². The summed E-state index contributed by atoms with van der Waals surface area (Å²) >= 11 is 0. The van der Waals surface area contributed by atoms with Gasteiger partial charge in [0.25, 0.3) is 0 Å². The second-order valence-electron chi connectivity index (χ2n) is 8.42. The zero-order chi connectivity index (χ0) is 21.8. The molecule has 0 saturated carbocycles. The smallest absolute Gasteiger partial charge is 0.225 e. The molecule has 31 heavy (non-hydrogen) atoms. The predicted molar refractivity (Wildman–Crippen MR) is 122 cm³/mol. The molecule has 0 bridgehead atoms. The predicted octanol–water partition coefficient (Wildman–Crippen LogP) is 4.36. The minimum Gasteiger partial charge on any atom is -0.486 e. The largest absolute Gasteiger partial charge is 0.486 e. The Balaban J connectivity index is 1.64. The topological polar surface area (TPSA) is 88.5 Å². The Labute approximate surface area is 182 Å². The Morgan fingerprint density at radius 3 is 2.39 bits per heavy atom. The molecule has 0 aliphatic carbocycles. The molecule has 0 spiro atoms. The summed E-state index contributed by atoms with van der Waals surface area (Å²) < 4.78 is 11.3. The number of fused-ring (bicyclic) bond motifs is 1. The number of nitrogens with one attached hydrogen (secondary N) is 2. The number of aliphatic hydroxyl groups excluding tert-OH is 1. The van der Waals surface area contributed by atoms with Crippen molar-refractivity contribution in [3.63, 3.8) is 0 Å². The number of aromatic nitrogens is 2. The maximum atomic E-state index is 9.18. The Kier molecular flexibility index (Phi) is 5.95. The monoisotopic (exact) mass is 420 g/mol. The first-order valence-electron chi connectivity index (χ1n) is 10.4. The average Bonchev–Trinajstić information content (AvgIpc) is 2.77. The zero-order valence-electron chi connectivity index (χ0n) is 18.1. The molecule has 0 atom stereocenters. The Morgan fingerprint density at radius 2 is 1.68 bits per heavy atom. The van der Waals surface area contributed by atoms with Crippen molar-refractivity contribution < 1.29 is 14.6 Å². The van der Waals surface area contributed by atoms with Gasteiger partial charge in [0.05, 0.1) is 12.3 Å². The van der Waals surface area contributed by atoms with Gasteiger partial charge < -0.3 is 25.2 Å².